The quantitative estimate of drug-likeness (QED) is 0.126. The van der Waals surface area contributed by atoms with Crippen molar-refractivity contribution in [3.63, 3.8) is 0 Å². The molecule has 15 nitrogen and oxygen atoms in total. The first-order chi connectivity index (χ1) is 36.3. The smallest absolute Gasteiger partial charge is 0.407 e. The van der Waals surface area contributed by atoms with Gasteiger partial charge in [-0.05, 0) is 147 Å². The Morgan fingerprint density at radius 2 is 1.36 bits per heavy atom. The van der Waals surface area contributed by atoms with E-state index in [1.165, 1.54) is 31.9 Å². The Morgan fingerprint density at radius 3 is 1.96 bits per heavy atom. The highest BCUT2D eigenvalue weighted by atomic mass is 32.1. The minimum Gasteiger partial charge on any atom is -0.464 e. The van der Waals surface area contributed by atoms with Gasteiger partial charge < -0.3 is 39.4 Å². The van der Waals surface area contributed by atoms with Gasteiger partial charge >= 0.3 is 12.2 Å². The first-order valence-electron chi connectivity index (χ1n) is 27.1. The number of amides is 4. The third kappa shape index (κ3) is 11.4. The number of methoxy groups -OCH3 is 2. The van der Waals surface area contributed by atoms with Crippen molar-refractivity contribution < 1.29 is 42.5 Å². The van der Waals surface area contributed by atoms with Gasteiger partial charge in [-0.1, -0.05) is 33.8 Å². The fourth-order valence-electron chi connectivity index (χ4n) is 12.4. The zero-order valence-corrected chi connectivity index (χ0v) is 49.1. The number of fused-ring (bicyclic) bond motifs is 5. The van der Waals surface area contributed by atoms with E-state index < -0.39 is 36.3 Å². The summed E-state index contributed by atoms with van der Waals surface area (Å²) in [6, 6.07) is 14.4. The molecule has 78 heavy (non-hydrogen) atoms. The topological polar surface area (TPSA) is 165 Å². The van der Waals surface area contributed by atoms with Crippen molar-refractivity contribution in [3.05, 3.63) is 87.6 Å². The highest BCUT2D eigenvalue weighted by molar-refractivity contribution is 7.59. The summed E-state index contributed by atoms with van der Waals surface area (Å²) >= 11 is 1.76. The Kier molecular flexibility index (Phi) is 18.6. The summed E-state index contributed by atoms with van der Waals surface area (Å²) in [7, 11) is 2.61. The van der Waals surface area contributed by atoms with E-state index in [0.717, 1.165) is 88.1 Å². The van der Waals surface area contributed by atoms with Crippen molar-refractivity contribution in [2.75, 3.05) is 27.3 Å². The predicted molar refractivity (Wildman–Crippen MR) is 319 cm³/mol. The molecule has 4 fully saturated rings. The summed E-state index contributed by atoms with van der Waals surface area (Å²) in [6.07, 6.45) is 11.5. The van der Waals surface area contributed by atoms with Crippen molar-refractivity contribution >= 4 is 109 Å². The lowest BCUT2D eigenvalue weighted by Gasteiger charge is -2.40. The summed E-state index contributed by atoms with van der Waals surface area (Å²) in [4.78, 5) is 69.4. The number of aliphatic imine (C=N–C) groups is 2. The Hall–Kier alpha value is -5.28. The molecule has 1 saturated carbocycles. The number of ether oxygens (including phenoxy) is 4. The van der Waals surface area contributed by atoms with E-state index in [1.54, 1.807) is 23.6 Å². The Labute approximate surface area is 481 Å². The number of nitrogens with zero attached hydrogens (tertiary/aromatic N) is 5. The second kappa shape index (κ2) is 24.6. The monoisotopic (exact) mass is 1140 g/mol. The molecule has 0 bridgehead atoms. The van der Waals surface area contributed by atoms with E-state index in [0.29, 0.717) is 61.6 Å². The molecule has 0 radical (unpaired) electrons. The average molecular weight is 1140 g/mol. The molecule has 8 heterocycles. The van der Waals surface area contributed by atoms with Crippen molar-refractivity contribution in [3.8, 4) is 17.0 Å². The fraction of sp³-hybridized carbons (Fsp3) is 0.517. The molecule has 0 spiro atoms. The van der Waals surface area contributed by atoms with Crippen LogP contribution in [0.5, 0.6) is 5.75 Å². The molecule has 420 valence electrons. The molecule has 20 heteroatoms. The summed E-state index contributed by atoms with van der Waals surface area (Å²) < 4.78 is 42.3. The maximum absolute atomic E-state index is 17.1. The number of halogens is 1. The SMILES string of the molecule is CC[C@@H]1CC(C(NC(=O)OC)C(=O)N2CCC[C@H]2C2=NC=C(c3ccc4c(c3)cc3n4C(c4ccc(C5CC5)s4)Oc4cc(C5=CN=C([C@@H]6CCCN6C(=O)[C@@H](NC(=O)OC)C(C)C)C5)cc(F)c4-3)C2)C[C@H](CC)O1.S.S.S. The average Bonchev–Trinajstić information content (AvgIpc) is 4.20. The molecule has 4 aromatic rings. The van der Waals surface area contributed by atoms with E-state index in [1.807, 2.05) is 35.9 Å². The van der Waals surface area contributed by atoms with Gasteiger partial charge in [0.15, 0.2) is 0 Å². The van der Waals surface area contributed by atoms with E-state index in [4.69, 9.17) is 28.9 Å². The van der Waals surface area contributed by atoms with Crippen LogP contribution in [-0.2, 0) is 23.8 Å². The van der Waals surface area contributed by atoms with Gasteiger partial charge in [-0.25, -0.2) is 14.0 Å². The lowest BCUT2D eigenvalue weighted by molar-refractivity contribution is -0.138. The molecule has 3 unspecified atom stereocenters. The Balaban J connectivity index is 0.00000268. The van der Waals surface area contributed by atoms with Crippen LogP contribution in [0.1, 0.15) is 138 Å². The van der Waals surface area contributed by atoms with Gasteiger partial charge in [-0.2, -0.15) is 40.5 Å². The highest BCUT2D eigenvalue weighted by Gasteiger charge is 2.44. The third-order valence-electron chi connectivity index (χ3n) is 16.6. The van der Waals surface area contributed by atoms with Crippen LogP contribution in [0.15, 0.2) is 70.9 Å². The number of carbonyl (C=O) groups excluding carboxylic acids is 4. The fourth-order valence-corrected chi connectivity index (χ4v) is 13.6. The second-order valence-electron chi connectivity index (χ2n) is 21.7. The normalized spacial score (nSPS) is 24.0. The van der Waals surface area contributed by atoms with E-state index in [-0.39, 0.29) is 88.4 Å². The molecule has 7 aliphatic rings. The maximum atomic E-state index is 17.1. The highest BCUT2D eigenvalue weighted by Crippen LogP contribution is 2.50. The predicted octanol–water partition coefficient (Wildman–Crippen LogP) is 11.1. The van der Waals surface area contributed by atoms with Gasteiger partial charge in [0.1, 0.15) is 23.7 Å². The number of aromatic nitrogens is 1. The van der Waals surface area contributed by atoms with Gasteiger partial charge in [0.05, 0.1) is 60.2 Å². The Morgan fingerprint density at radius 1 is 0.756 bits per heavy atom. The van der Waals surface area contributed by atoms with Gasteiger partial charge in [-0.3, -0.25) is 24.1 Å². The number of allylic oxidation sites excluding steroid dienone is 2. The summed E-state index contributed by atoms with van der Waals surface area (Å²) in [5.74, 6) is 0.110. The number of likely N-dealkylation sites (tertiary alicyclic amines) is 2. The standard InChI is InChI=1S/C58H68FN7O8S.3H2S/c1-7-39-22-36(23-40(8-2)73-39)53(63-58(70)72-6)55(68)65-20-10-12-46(65)42-25-37(29-60-42)33-15-16-44-35(21-33)27-47-51-41(59)24-34(28-48(51)74-56(66(44)47)50-18-17-49(75-50)32-13-14-32)38-26-43(61-30-38)45-11-9-19-64(45)54(67)52(31(3)4)62-57(69)71-5;;;/h15-18,21,24,27-32,36,39-40,45-46,52-53,56H,7-14,19-20,22-23,25-26H2,1-6H3,(H,62,69)(H,63,70);3*1H2/t36?,39-,40+,45-,46-,52-,53?,56?;;;/m0.../s1. The maximum Gasteiger partial charge on any atom is 0.407 e. The largest absolute Gasteiger partial charge is 0.464 e. The second-order valence-corrected chi connectivity index (χ2v) is 22.8. The van der Waals surface area contributed by atoms with Crippen LogP contribution in [0, 0.1) is 17.7 Å². The lowest BCUT2D eigenvalue weighted by Crippen LogP contribution is -2.56. The van der Waals surface area contributed by atoms with Gasteiger partial charge in [0.2, 0.25) is 18.0 Å². The van der Waals surface area contributed by atoms with Crippen LogP contribution in [0.2, 0.25) is 0 Å². The first-order valence-corrected chi connectivity index (χ1v) is 27.9. The van der Waals surface area contributed by atoms with Crippen LogP contribution >= 0.6 is 51.8 Å². The van der Waals surface area contributed by atoms with Crippen molar-refractivity contribution in [2.24, 2.45) is 21.8 Å². The molecule has 11 rings (SSSR count). The molecular formula is C58H74FN7O8S4. The third-order valence-corrected chi connectivity index (χ3v) is 17.9. The van der Waals surface area contributed by atoms with Crippen LogP contribution in [0.25, 0.3) is 33.3 Å². The number of thiophene rings is 1. The molecule has 6 aliphatic heterocycles. The molecule has 2 N–H and O–H groups in total. The molecule has 2 aromatic heterocycles. The number of alkyl carbamates (subject to hydrolysis) is 2. The number of hydrogen-bond donors (Lipinski definition) is 2. The van der Waals surface area contributed by atoms with Gasteiger partial charge in [0.25, 0.3) is 0 Å². The zero-order valence-electron chi connectivity index (χ0n) is 45.2. The van der Waals surface area contributed by atoms with E-state index in [2.05, 4.69) is 65.4 Å². The molecular weight excluding hydrogens is 1070 g/mol. The van der Waals surface area contributed by atoms with Crippen LogP contribution in [-0.4, -0.2) is 113 Å². The Bertz CT molecular complexity index is 3050. The molecule has 4 amide bonds. The van der Waals surface area contributed by atoms with Crippen molar-refractivity contribution in [1.82, 2.24) is 25.0 Å². The molecule has 3 saturated heterocycles. The molecule has 8 atom stereocenters. The summed E-state index contributed by atoms with van der Waals surface area (Å²) in [6.45, 7) is 9.11. The number of carbonyl (C=O) groups is 4. The van der Waals surface area contributed by atoms with Gasteiger partial charge in [0, 0.05) is 60.0 Å². The van der Waals surface area contributed by atoms with Gasteiger partial charge in [-0.15, -0.1) is 11.3 Å². The first kappa shape index (κ1) is 58.9. The zero-order chi connectivity index (χ0) is 52.2. The summed E-state index contributed by atoms with van der Waals surface area (Å²) in [5.41, 5.74) is 7.34. The lowest BCUT2D eigenvalue weighted by atomic mass is 9.83. The minimum atomic E-state index is -0.740. The van der Waals surface area contributed by atoms with Crippen molar-refractivity contribution in [1.29, 1.82) is 0 Å². The van der Waals surface area contributed by atoms with E-state index in [9.17, 15) is 19.2 Å². The summed E-state index contributed by atoms with van der Waals surface area (Å²) in [5, 5.41) is 6.60. The number of nitrogens with one attached hydrogen (secondary N) is 2. The molecule has 2 aromatic carbocycles. The van der Waals surface area contributed by atoms with E-state index >= 15 is 4.39 Å². The van der Waals surface area contributed by atoms with Crippen LogP contribution < -0.4 is 15.4 Å². The van der Waals surface area contributed by atoms with Crippen LogP contribution in [0.3, 0.4) is 0 Å². The minimum absolute atomic E-state index is 0. The van der Waals surface area contributed by atoms with Crippen LogP contribution in [0.4, 0.5) is 14.0 Å². The van der Waals surface area contributed by atoms with Crippen molar-refractivity contribution in [2.45, 2.75) is 153 Å². The number of benzene rings is 2. The molecule has 1 aliphatic carbocycles. The number of hydrogen-bond acceptors (Lipinski definition) is 11. The number of rotatable bonds is 14.